The van der Waals surface area contributed by atoms with Crippen LogP contribution in [0, 0.1) is 0 Å². The van der Waals surface area contributed by atoms with Gasteiger partial charge in [-0.3, -0.25) is 9.59 Å². The van der Waals surface area contributed by atoms with Crippen molar-refractivity contribution in [1.29, 1.82) is 0 Å². The number of fused-ring (bicyclic) bond motifs is 1. The first-order valence-electron chi connectivity index (χ1n) is 7.16. The van der Waals surface area contributed by atoms with Crippen LogP contribution in [0.4, 0.5) is 5.69 Å². The molecule has 0 aliphatic carbocycles. The summed E-state index contributed by atoms with van der Waals surface area (Å²) in [5.74, 6) is -0.666. The van der Waals surface area contributed by atoms with Crippen molar-refractivity contribution in [2.75, 3.05) is 5.32 Å². The minimum absolute atomic E-state index is 0.181. The van der Waals surface area contributed by atoms with E-state index in [1.807, 2.05) is 30.3 Å². The van der Waals surface area contributed by atoms with E-state index in [1.165, 1.54) is 0 Å². The first-order valence-corrected chi connectivity index (χ1v) is 7.16. The van der Waals surface area contributed by atoms with Crippen molar-refractivity contribution in [2.45, 2.75) is 6.42 Å². The lowest BCUT2D eigenvalue weighted by molar-refractivity contribution is -0.117. The minimum Gasteiger partial charge on any atom is -0.369 e. The van der Waals surface area contributed by atoms with Crippen LogP contribution in [-0.2, 0) is 11.2 Å². The average Bonchev–Trinajstić information content (AvgIpc) is 2.55. The number of hydrogen-bond donors (Lipinski definition) is 2. The van der Waals surface area contributed by atoms with E-state index in [-0.39, 0.29) is 18.2 Å². The number of nitrogens with zero attached hydrogens (tertiary/aromatic N) is 1. The third kappa shape index (κ3) is 3.52. The normalized spacial score (nSPS) is 10.4. The zero-order chi connectivity index (χ0) is 16.2. The van der Waals surface area contributed by atoms with Gasteiger partial charge >= 0.3 is 0 Å². The lowest BCUT2D eigenvalue weighted by Gasteiger charge is -2.06. The monoisotopic (exact) mass is 305 g/mol. The molecule has 1 aromatic heterocycles. The number of nitrogens with one attached hydrogen (secondary N) is 1. The van der Waals surface area contributed by atoms with Crippen LogP contribution in [0.25, 0.3) is 10.9 Å². The number of amides is 2. The van der Waals surface area contributed by atoms with Crippen LogP contribution in [0.1, 0.15) is 16.1 Å². The second kappa shape index (κ2) is 6.27. The molecule has 0 unspecified atom stereocenters. The van der Waals surface area contributed by atoms with Gasteiger partial charge in [0.15, 0.2) is 0 Å². The van der Waals surface area contributed by atoms with Crippen molar-refractivity contribution in [2.24, 2.45) is 5.73 Å². The minimum atomic E-state index is -0.387. The van der Waals surface area contributed by atoms with Crippen LogP contribution in [0.15, 0.2) is 60.7 Å². The Morgan fingerprint density at radius 2 is 1.70 bits per heavy atom. The molecule has 5 heteroatoms. The van der Waals surface area contributed by atoms with Crippen LogP contribution in [0.3, 0.4) is 0 Å². The highest BCUT2D eigenvalue weighted by atomic mass is 16.2. The fourth-order valence-electron chi connectivity index (χ4n) is 2.29. The maximum atomic E-state index is 12.3. The van der Waals surface area contributed by atoms with Crippen molar-refractivity contribution in [3.63, 3.8) is 0 Å². The number of aromatic nitrogens is 1. The lowest BCUT2D eigenvalue weighted by Crippen LogP contribution is -2.15. The highest BCUT2D eigenvalue weighted by Gasteiger charge is 2.08. The number of hydrogen-bond acceptors (Lipinski definition) is 3. The Morgan fingerprint density at radius 1 is 0.957 bits per heavy atom. The SMILES string of the molecule is NC(=O)Cc1ccc(NC(=O)c2ccc3ccccc3n2)cc1. The second-order valence-electron chi connectivity index (χ2n) is 5.18. The van der Waals surface area contributed by atoms with E-state index < -0.39 is 0 Å². The van der Waals surface area contributed by atoms with Gasteiger partial charge in [-0.1, -0.05) is 36.4 Å². The number of para-hydroxylation sites is 1. The fourth-order valence-corrected chi connectivity index (χ4v) is 2.29. The number of benzene rings is 2. The van der Waals surface area contributed by atoms with Gasteiger partial charge in [0, 0.05) is 11.1 Å². The summed E-state index contributed by atoms with van der Waals surface area (Å²) < 4.78 is 0. The molecule has 0 aliphatic rings. The highest BCUT2D eigenvalue weighted by Crippen LogP contribution is 2.14. The number of primary amides is 1. The van der Waals surface area contributed by atoms with Crippen molar-refractivity contribution >= 4 is 28.4 Å². The largest absolute Gasteiger partial charge is 0.369 e. The third-order valence-corrected chi connectivity index (χ3v) is 3.42. The summed E-state index contributed by atoms with van der Waals surface area (Å²) in [5, 5.41) is 3.77. The summed E-state index contributed by atoms with van der Waals surface area (Å²) in [6, 6.07) is 18.2. The highest BCUT2D eigenvalue weighted by molar-refractivity contribution is 6.04. The van der Waals surface area contributed by atoms with Crippen LogP contribution >= 0.6 is 0 Å². The fraction of sp³-hybridized carbons (Fsp3) is 0.0556. The smallest absolute Gasteiger partial charge is 0.274 e. The number of carbonyl (C=O) groups is 2. The standard InChI is InChI=1S/C18H15N3O2/c19-17(22)11-12-5-8-14(9-6-12)20-18(23)16-10-7-13-3-1-2-4-15(13)21-16/h1-10H,11H2,(H2,19,22)(H,20,23). The molecule has 0 aliphatic heterocycles. The molecule has 0 fully saturated rings. The zero-order valence-electron chi connectivity index (χ0n) is 12.3. The Labute approximate surface area is 133 Å². The number of carbonyl (C=O) groups excluding carboxylic acids is 2. The quantitative estimate of drug-likeness (QED) is 0.776. The molecule has 2 aromatic carbocycles. The first-order chi connectivity index (χ1) is 11.1. The zero-order valence-corrected chi connectivity index (χ0v) is 12.3. The summed E-state index contributed by atoms with van der Waals surface area (Å²) in [5.41, 5.74) is 7.72. The second-order valence-corrected chi connectivity index (χ2v) is 5.18. The molecule has 114 valence electrons. The Hall–Kier alpha value is -3.21. The van der Waals surface area contributed by atoms with Gasteiger partial charge < -0.3 is 11.1 Å². The van der Waals surface area contributed by atoms with Gasteiger partial charge in [0.25, 0.3) is 5.91 Å². The predicted molar refractivity (Wildman–Crippen MR) is 89.0 cm³/mol. The van der Waals surface area contributed by atoms with Crippen molar-refractivity contribution < 1.29 is 9.59 Å². The van der Waals surface area contributed by atoms with E-state index in [0.717, 1.165) is 16.5 Å². The number of nitrogens with two attached hydrogens (primary N) is 1. The lowest BCUT2D eigenvalue weighted by atomic mass is 10.1. The van der Waals surface area contributed by atoms with Crippen molar-refractivity contribution in [1.82, 2.24) is 4.98 Å². The topological polar surface area (TPSA) is 85.1 Å². The van der Waals surface area contributed by atoms with Crippen LogP contribution in [0.5, 0.6) is 0 Å². The molecule has 1 heterocycles. The van der Waals surface area contributed by atoms with Crippen molar-refractivity contribution in [3.05, 3.63) is 71.9 Å². The van der Waals surface area contributed by atoms with Gasteiger partial charge in [0.05, 0.1) is 11.9 Å². The number of pyridine rings is 1. The molecule has 0 atom stereocenters. The van der Waals surface area contributed by atoms with Gasteiger partial charge in [-0.2, -0.15) is 0 Å². The maximum absolute atomic E-state index is 12.3. The molecule has 0 spiro atoms. The van der Waals surface area contributed by atoms with Gasteiger partial charge in [-0.15, -0.1) is 0 Å². The van der Waals surface area contributed by atoms with Crippen LogP contribution in [0.2, 0.25) is 0 Å². The van der Waals surface area contributed by atoms with Gasteiger partial charge in [-0.25, -0.2) is 4.98 Å². The molecule has 3 rings (SSSR count). The number of anilines is 1. The summed E-state index contributed by atoms with van der Waals surface area (Å²) in [6.45, 7) is 0. The Bertz CT molecular complexity index is 873. The van der Waals surface area contributed by atoms with Gasteiger partial charge in [0.1, 0.15) is 5.69 Å². The Balaban J connectivity index is 1.76. The molecule has 0 saturated heterocycles. The summed E-state index contributed by atoms with van der Waals surface area (Å²) in [6.07, 6.45) is 0.181. The van der Waals surface area contributed by atoms with Crippen LogP contribution in [-0.4, -0.2) is 16.8 Å². The Morgan fingerprint density at radius 3 is 2.43 bits per heavy atom. The third-order valence-electron chi connectivity index (χ3n) is 3.42. The van der Waals surface area contributed by atoms with E-state index in [0.29, 0.717) is 11.4 Å². The molecule has 0 bridgehead atoms. The molecule has 3 N–H and O–H groups in total. The summed E-state index contributed by atoms with van der Waals surface area (Å²) >= 11 is 0. The summed E-state index contributed by atoms with van der Waals surface area (Å²) in [4.78, 5) is 27.5. The van der Waals surface area contributed by atoms with Crippen LogP contribution < -0.4 is 11.1 Å². The molecule has 2 amide bonds. The van der Waals surface area contributed by atoms with Crippen molar-refractivity contribution in [3.8, 4) is 0 Å². The molecule has 5 nitrogen and oxygen atoms in total. The van der Waals surface area contributed by atoms with E-state index in [2.05, 4.69) is 10.3 Å². The van der Waals surface area contributed by atoms with E-state index in [9.17, 15) is 9.59 Å². The molecular weight excluding hydrogens is 290 g/mol. The van der Waals surface area contributed by atoms with Gasteiger partial charge in [0.2, 0.25) is 5.91 Å². The number of rotatable bonds is 4. The molecule has 23 heavy (non-hydrogen) atoms. The van der Waals surface area contributed by atoms with E-state index in [4.69, 9.17) is 5.73 Å². The molecule has 3 aromatic rings. The average molecular weight is 305 g/mol. The predicted octanol–water partition coefficient (Wildman–Crippen LogP) is 2.51. The molecular formula is C18H15N3O2. The first kappa shape index (κ1) is 14.7. The molecule has 0 radical (unpaired) electrons. The van der Waals surface area contributed by atoms with E-state index in [1.54, 1.807) is 30.3 Å². The Kier molecular flexibility index (Phi) is 4.01. The van der Waals surface area contributed by atoms with E-state index >= 15 is 0 Å². The maximum Gasteiger partial charge on any atom is 0.274 e. The summed E-state index contributed by atoms with van der Waals surface area (Å²) in [7, 11) is 0. The molecule has 0 saturated carbocycles. The van der Waals surface area contributed by atoms with Gasteiger partial charge in [-0.05, 0) is 29.8 Å².